The van der Waals surface area contributed by atoms with Gasteiger partial charge in [0.1, 0.15) is 26.9 Å². The largest absolute Gasteiger partial charge is 0.496 e. The summed E-state index contributed by atoms with van der Waals surface area (Å²) >= 11 is 7.34. The Kier molecular flexibility index (Phi) is 5.78. The van der Waals surface area contributed by atoms with Crippen LogP contribution in [0.25, 0.3) is 20.4 Å². The van der Waals surface area contributed by atoms with Gasteiger partial charge in [0.05, 0.1) is 23.9 Å². The third kappa shape index (κ3) is 3.91. The van der Waals surface area contributed by atoms with Crippen molar-refractivity contribution in [2.24, 2.45) is 5.92 Å². The van der Waals surface area contributed by atoms with Gasteiger partial charge in [-0.3, -0.25) is 9.36 Å². The molecule has 1 aromatic carbocycles. The molecule has 6 rings (SSSR count). The number of unbranched alkanes of at least 4 members (excludes halogenated alkanes) is 1. The van der Waals surface area contributed by atoms with Gasteiger partial charge < -0.3 is 19.4 Å². The fourth-order valence-corrected chi connectivity index (χ4v) is 6.64. The molecule has 4 aromatic rings. The maximum absolute atomic E-state index is 13.1. The van der Waals surface area contributed by atoms with E-state index >= 15 is 0 Å². The monoisotopic (exact) mass is 512 g/mol. The zero-order chi connectivity index (χ0) is 24.1. The van der Waals surface area contributed by atoms with Crippen molar-refractivity contribution in [2.45, 2.75) is 25.3 Å². The van der Waals surface area contributed by atoms with Crippen molar-refractivity contribution >= 4 is 43.4 Å². The van der Waals surface area contributed by atoms with E-state index in [9.17, 15) is 9.59 Å². The van der Waals surface area contributed by atoms with Gasteiger partial charge in [-0.25, -0.2) is 9.78 Å². The maximum atomic E-state index is 13.1. The van der Waals surface area contributed by atoms with E-state index in [0.717, 1.165) is 55.3 Å². The van der Waals surface area contributed by atoms with E-state index in [1.54, 1.807) is 13.2 Å². The fourth-order valence-electron chi connectivity index (χ4n) is 5.45. The first-order chi connectivity index (χ1) is 17.0. The Morgan fingerprint density at radius 2 is 2.06 bits per heavy atom. The Morgan fingerprint density at radius 3 is 2.91 bits per heavy atom. The van der Waals surface area contributed by atoms with Crippen molar-refractivity contribution in [3.63, 3.8) is 0 Å². The van der Waals surface area contributed by atoms with Gasteiger partial charge in [-0.1, -0.05) is 17.7 Å². The molecule has 0 amide bonds. The molecule has 2 atom stereocenters. The van der Waals surface area contributed by atoms with Crippen molar-refractivity contribution in [3.8, 4) is 11.5 Å². The van der Waals surface area contributed by atoms with Crippen molar-refractivity contribution in [1.29, 1.82) is 0 Å². The quantitative estimate of drug-likeness (QED) is 0.312. The highest BCUT2D eigenvalue weighted by Gasteiger charge is 2.40. The highest BCUT2D eigenvalue weighted by atomic mass is 35.5. The summed E-state index contributed by atoms with van der Waals surface area (Å²) in [6.45, 7) is 3.96. The molecule has 3 aromatic heterocycles. The van der Waals surface area contributed by atoms with Gasteiger partial charge in [0.2, 0.25) is 0 Å². The van der Waals surface area contributed by atoms with Crippen molar-refractivity contribution in [2.75, 3.05) is 33.4 Å². The third-order valence-corrected chi connectivity index (χ3v) is 8.45. The summed E-state index contributed by atoms with van der Waals surface area (Å²) in [6, 6.07) is 9.50. The van der Waals surface area contributed by atoms with Crippen LogP contribution in [-0.2, 0) is 6.54 Å². The molecule has 182 valence electrons. The molecule has 1 N–H and O–H groups in total. The number of aromatic amines is 1. The third-order valence-electron chi connectivity index (χ3n) is 7.11. The first-order valence-corrected chi connectivity index (χ1v) is 13.0. The molecule has 0 bridgehead atoms. The van der Waals surface area contributed by atoms with Crippen LogP contribution in [0.5, 0.6) is 11.5 Å². The summed E-state index contributed by atoms with van der Waals surface area (Å²) in [5.41, 5.74) is 1.54. The zero-order valence-corrected chi connectivity index (χ0v) is 20.8. The number of thiophene rings is 1. The second kappa shape index (κ2) is 8.96. The topological polar surface area (TPSA) is 89.5 Å². The lowest BCUT2D eigenvalue weighted by Crippen LogP contribution is -2.34. The minimum atomic E-state index is -0.406. The summed E-state index contributed by atoms with van der Waals surface area (Å²) in [5.74, 6) is 2.67. The molecule has 2 aliphatic heterocycles. The summed E-state index contributed by atoms with van der Waals surface area (Å²) in [5, 5.41) is 0.331. The van der Waals surface area contributed by atoms with E-state index in [-0.39, 0.29) is 5.56 Å². The van der Waals surface area contributed by atoms with E-state index in [1.165, 1.54) is 21.5 Å². The summed E-state index contributed by atoms with van der Waals surface area (Å²) in [4.78, 5) is 35.3. The van der Waals surface area contributed by atoms with Crippen molar-refractivity contribution < 1.29 is 9.47 Å². The van der Waals surface area contributed by atoms with Crippen molar-refractivity contribution in [3.05, 3.63) is 61.9 Å². The number of H-pyrrole nitrogens is 1. The highest BCUT2D eigenvalue weighted by Crippen LogP contribution is 2.46. The van der Waals surface area contributed by atoms with Crippen LogP contribution in [0.1, 0.15) is 24.3 Å². The molecule has 0 unspecified atom stereocenters. The Labute approximate surface area is 210 Å². The van der Waals surface area contributed by atoms with Crippen LogP contribution in [0, 0.1) is 5.92 Å². The number of nitrogens with zero attached hydrogens (tertiary/aromatic N) is 3. The normalized spacial score (nSPS) is 19.6. The summed E-state index contributed by atoms with van der Waals surface area (Å²) in [6.07, 6.45) is 1.64. The van der Waals surface area contributed by atoms with Gasteiger partial charge in [-0.05, 0) is 43.7 Å². The first kappa shape index (κ1) is 22.6. The van der Waals surface area contributed by atoms with E-state index in [0.29, 0.717) is 39.3 Å². The molecule has 35 heavy (non-hydrogen) atoms. The Morgan fingerprint density at radius 1 is 1.20 bits per heavy atom. The van der Waals surface area contributed by atoms with Crippen molar-refractivity contribution in [1.82, 2.24) is 19.4 Å². The van der Waals surface area contributed by atoms with E-state index in [4.69, 9.17) is 21.1 Å². The van der Waals surface area contributed by atoms with Gasteiger partial charge in [-0.2, -0.15) is 0 Å². The molecule has 8 nitrogen and oxygen atoms in total. The lowest BCUT2D eigenvalue weighted by molar-refractivity contribution is 0.209. The average molecular weight is 513 g/mol. The van der Waals surface area contributed by atoms with Crippen LogP contribution >= 0.6 is 22.9 Å². The molecule has 2 aliphatic rings. The second-order valence-corrected chi connectivity index (χ2v) is 10.6. The Balaban J connectivity index is 1.13. The molecule has 1 saturated heterocycles. The highest BCUT2D eigenvalue weighted by molar-refractivity contribution is 7.25. The van der Waals surface area contributed by atoms with Crippen LogP contribution in [0.3, 0.4) is 0 Å². The lowest BCUT2D eigenvalue weighted by Gasteiger charge is -2.29. The van der Waals surface area contributed by atoms with Crippen LogP contribution in [0.15, 0.2) is 39.9 Å². The number of pyridine rings is 1. The number of ether oxygens (including phenoxy) is 2. The SMILES string of the molecule is COc1cccc2c1[C@@H]1CN(CCCCn3c(=O)[nH]c4c(sc5ccc(Cl)nc54)c3=O)C[C@@H]1CO2. The number of hydrogen-bond donors (Lipinski definition) is 1. The van der Waals surface area contributed by atoms with Crippen LogP contribution in [-0.4, -0.2) is 52.8 Å². The fraction of sp³-hybridized carbons (Fsp3) is 0.400. The molecule has 0 saturated carbocycles. The zero-order valence-electron chi connectivity index (χ0n) is 19.3. The predicted octanol–water partition coefficient (Wildman–Crippen LogP) is 3.85. The van der Waals surface area contributed by atoms with Gasteiger partial charge in [0.25, 0.3) is 5.56 Å². The number of hydrogen-bond acceptors (Lipinski definition) is 7. The Bertz CT molecular complexity index is 1530. The molecule has 0 spiro atoms. The summed E-state index contributed by atoms with van der Waals surface area (Å²) in [7, 11) is 1.71. The number of halogens is 1. The minimum absolute atomic E-state index is 0.268. The first-order valence-electron chi connectivity index (χ1n) is 11.8. The van der Waals surface area contributed by atoms with Crippen LogP contribution in [0.2, 0.25) is 5.15 Å². The average Bonchev–Trinajstić information content (AvgIpc) is 3.44. The van der Waals surface area contributed by atoms with E-state index in [1.807, 2.05) is 24.3 Å². The van der Waals surface area contributed by atoms with Crippen LogP contribution < -0.4 is 20.7 Å². The van der Waals surface area contributed by atoms with Crippen LogP contribution in [0.4, 0.5) is 0 Å². The number of likely N-dealkylation sites (tertiary alicyclic amines) is 1. The van der Waals surface area contributed by atoms with Gasteiger partial charge in [-0.15, -0.1) is 11.3 Å². The minimum Gasteiger partial charge on any atom is -0.496 e. The molecule has 1 fully saturated rings. The van der Waals surface area contributed by atoms with Gasteiger partial charge in [0, 0.05) is 37.0 Å². The number of fused-ring (bicyclic) bond motifs is 6. The summed E-state index contributed by atoms with van der Waals surface area (Å²) < 4.78 is 14.3. The smallest absolute Gasteiger partial charge is 0.328 e. The number of methoxy groups -OCH3 is 1. The molecule has 5 heterocycles. The number of rotatable bonds is 6. The molecule has 10 heteroatoms. The van der Waals surface area contributed by atoms with E-state index in [2.05, 4.69) is 14.9 Å². The number of benzene rings is 1. The molecule has 0 radical (unpaired) electrons. The predicted molar refractivity (Wildman–Crippen MR) is 137 cm³/mol. The maximum Gasteiger partial charge on any atom is 0.328 e. The van der Waals surface area contributed by atoms with Gasteiger partial charge in [0.15, 0.2) is 0 Å². The van der Waals surface area contributed by atoms with E-state index < -0.39 is 5.69 Å². The lowest BCUT2D eigenvalue weighted by atomic mass is 9.86. The number of aromatic nitrogens is 3. The molecular formula is C25H25ClN4O4S. The molecule has 0 aliphatic carbocycles. The molecular weight excluding hydrogens is 488 g/mol. The number of nitrogens with one attached hydrogen (secondary N) is 1. The Hall–Kier alpha value is -2.88. The second-order valence-electron chi connectivity index (χ2n) is 9.19. The standard InChI is InChI=1S/C25H25ClN4O4S/c1-33-16-5-4-6-17-20(16)15-12-29(11-14(15)13-34-17)9-2-3-10-30-24(31)23-22(28-25(30)32)21-18(35-23)7-8-19(26)27-21/h4-8,14-15H,2-3,9-13H2,1H3,(H,28,32)/t14-,15-/m1/s1. The van der Waals surface area contributed by atoms with Gasteiger partial charge >= 0.3 is 5.69 Å².